The molecule has 0 saturated carbocycles. The van der Waals surface area contributed by atoms with Gasteiger partial charge in [0, 0.05) is 12.1 Å². The Labute approximate surface area is 209 Å². The van der Waals surface area contributed by atoms with Gasteiger partial charge in [-0.1, -0.05) is 42.0 Å². The number of carbonyl (C=O) groups is 3. The van der Waals surface area contributed by atoms with E-state index in [-0.39, 0.29) is 24.5 Å². The summed E-state index contributed by atoms with van der Waals surface area (Å²) in [5.41, 5.74) is 3.24. The van der Waals surface area contributed by atoms with Crippen LogP contribution in [-0.4, -0.2) is 41.4 Å². The number of aliphatic hydroxyl groups excluding tert-OH is 1. The van der Waals surface area contributed by atoms with Gasteiger partial charge in [0.05, 0.1) is 30.9 Å². The normalized spacial score (nSPS) is 16.8. The van der Waals surface area contributed by atoms with Gasteiger partial charge in [-0.2, -0.15) is 0 Å². The number of hydrogen-bond donors (Lipinski definition) is 1. The molecule has 0 bridgehead atoms. The van der Waals surface area contributed by atoms with Gasteiger partial charge in [-0.05, 0) is 61.4 Å². The van der Waals surface area contributed by atoms with Crippen molar-refractivity contribution in [2.45, 2.75) is 26.4 Å². The smallest absolute Gasteiger partial charge is 0.338 e. The molecule has 4 rings (SSSR count). The van der Waals surface area contributed by atoms with Crippen LogP contribution in [0.1, 0.15) is 45.6 Å². The minimum Gasteiger partial charge on any atom is -0.507 e. The molecule has 0 radical (unpaired) electrons. The number of carbonyl (C=O) groups excluding carboxylic acids is 3. The summed E-state index contributed by atoms with van der Waals surface area (Å²) in [6, 6.07) is 20.1. The number of esters is 1. The van der Waals surface area contributed by atoms with Gasteiger partial charge in [-0.25, -0.2) is 4.79 Å². The highest BCUT2D eigenvalue weighted by atomic mass is 16.5. The summed E-state index contributed by atoms with van der Waals surface area (Å²) >= 11 is 0. The van der Waals surface area contributed by atoms with Gasteiger partial charge in [0.2, 0.25) is 0 Å². The number of Topliss-reactive ketones (excluding diaryl/α,β-unsaturated/α-hetero) is 1. The lowest BCUT2D eigenvalue weighted by molar-refractivity contribution is -0.140. The molecule has 7 heteroatoms. The first-order valence-electron chi connectivity index (χ1n) is 11.6. The molecule has 1 aliphatic rings. The molecule has 0 aromatic heterocycles. The Morgan fingerprint density at radius 3 is 2.25 bits per heavy atom. The average Bonchev–Trinajstić information content (AvgIpc) is 3.14. The predicted molar refractivity (Wildman–Crippen MR) is 134 cm³/mol. The number of ketones is 1. The van der Waals surface area contributed by atoms with E-state index in [0.29, 0.717) is 22.4 Å². The Morgan fingerprint density at radius 1 is 0.972 bits per heavy atom. The minimum atomic E-state index is -0.781. The van der Waals surface area contributed by atoms with Gasteiger partial charge in [0.1, 0.15) is 11.5 Å². The minimum absolute atomic E-state index is 0.0268. The number of aryl methyl sites for hydroxylation is 1. The molecule has 36 heavy (non-hydrogen) atoms. The Balaban J connectivity index is 1.76. The zero-order chi connectivity index (χ0) is 25.8. The highest BCUT2D eigenvalue weighted by Gasteiger charge is 2.46. The summed E-state index contributed by atoms with van der Waals surface area (Å²) < 4.78 is 10.2. The summed E-state index contributed by atoms with van der Waals surface area (Å²) in [6.07, 6.45) is 0. The zero-order valence-corrected chi connectivity index (χ0v) is 20.4. The Kier molecular flexibility index (Phi) is 7.20. The first-order chi connectivity index (χ1) is 17.3. The quantitative estimate of drug-likeness (QED) is 0.224. The molecule has 1 heterocycles. The summed E-state index contributed by atoms with van der Waals surface area (Å²) in [5, 5.41) is 11.2. The maximum atomic E-state index is 13.2. The van der Waals surface area contributed by atoms with E-state index >= 15 is 0 Å². The number of aliphatic hydroxyl groups is 1. The highest BCUT2D eigenvalue weighted by molar-refractivity contribution is 6.46. The third kappa shape index (κ3) is 4.86. The third-order valence-corrected chi connectivity index (χ3v) is 6.08. The van der Waals surface area contributed by atoms with E-state index in [2.05, 4.69) is 0 Å². The first kappa shape index (κ1) is 24.7. The number of nitrogens with zero attached hydrogens (tertiary/aromatic N) is 1. The molecule has 1 amide bonds. The lowest BCUT2D eigenvalue weighted by Crippen LogP contribution is -2.29. The van der Waals surface area contributed by atoms with E-state index in [0.717, 1.165) is 11.1 Å². The van der Waals surface area contributed by atoms with E-state index in [1.807, 2.05) is 31.2 Å². The molecule has 3 aromatic carbocycles. The SMILES string of the molecule is CCOC(=O)c1ccc(CN2C(=O)C(=O)/C(=C(/O)c3ccc(OC)cc3)C2c2cccc(C)c2)cc1. The van der Waals surface area contributed by atoms with Crippen molar-refractivity contribution < 1.29 is 29.0 Å². The Morgan fingerprint density at radius 2 is 1.64 bits per heavy atom. The summed E-state index contributed by atoms with van der Waals surface area (Å²) in [7, 11) is 1.54. The van der Waals surface area contributed by atoms with Crippen LogP contribution in [0.3, 0.4) is 0 Å². The molecule has 1 unspecified atom stereocenters. The standard InChI is InChI=1S/C29H27NO6/c1-4-36-29(34)21-10-8-19(9-11-21)17-30-25(22-7-5-6-18(2)16-22)24(27(32)28(30)33)26(31)20-12-14-23(35-3)15-13-20/h5-16,25,31H,4,17H2,1-3H3/b26-24+. The van der Waals surface area contributed by atoms with Gasteiger partial charge in [-0.15, -0.1) is 0 Å². The molecule has 1 fully saturated rings. The van der Waals surface area contributed by atoms with E-state index in [4.69, 9.17) is 9.47 Å². The molecule has 1 atom stereocenters. The molecule has 184 valence electrons. The average molecular weight is 486 g/mol. The van der Waals surface area contributed by atoms with E-state index < -0.39 is 23.7 Å². The van der Waals surface area contributed by atoms with Gasteiger partial charge in [0.25, 0.3) is 11.7 Å². The maximum Gasteiger partial charge on any atom is 0.338 e. The van der Waals surface area contributed by atoms with Crippen LogP contribution in [-0.2, 0) is 20.9 Å². The van der Waals surface area contributed by atoms with Crippen LogP contribution in [0.15, 0.2) is 78.4 Å². The van der Waals surface area contributed by atoms with E-state index in [1.165, 1.54) is 12.0 Å². The van der Waals surface area contributed by atoms with E-state index in [9.17, 15) is 19.5 Å². The fourth-order valence-corrected chi connectivity index (χ4v) is 4.29. The number of benzene rings is 3. The number of rotatable bonds is 7. The van der Waals surface area contributed by atoms with Crippen molar-refractivity contribution in [1.82, 2.24) is 4.90 Å². The molecule has 1 aliphatic heterocycles. The summed E-state index contributed by atoms with van der Waals surface area (Å²) in [5.74, 6) is -1.52. The van der Waals surface area contributed by atoms with Crippen LogP contribution in [0.4, 0.5) is 0 Å². The van der Waals surface area contributed by atoms with Crippen LogP contribution in [0.5, 0.6) is 5.75 Å². The van der Waals surface area contributed by atoms with Crippen molar-refractivity contribution in [3.63, 3.8) is 0 Å². The van der Waals surface area contributed by atoms with Crippen LogP contribution in [0.25, 0.3) is 5.76 Å². The van der Waals surface area contributed by atoms with Gasteiger partial charge >= 0.3 is 5.97 Å². The van der Waals surface area contributed by atoms with Gasteiger partial charge < -0.3 is 19.5 Å². The van der Waals surface area contributed by atoms with Crippen molar-refractivity contribution in [3.05, 3.63) is 106 Å². The Bertz CT molecular complexity index is 1320. The monoisotopic (exact) mass is 485 g/mol. The molecule has 0 spiro atoms. The fraction of sp³-hybridized carbons (Fsp3) is 0.207. The van der Waals surface area contributed by atoms with Crippen molar-refractivity contribution in [2.24, 2.45) is 0 Å². The number of amides is 1. The number of likely N-dealkylation sites (tertiary alicyclic amines) is 1. The third-order valence-electron chi connectivity index (χ3n) is 6.08. The van der Waals surface area contributed by atoms with Gasteiger partial charge in [-0.3, -0.25) is 9.59 Å². The maximum absolute atomic E-state index is 13.2. The predicted octanol–water partition coefficient (Wildman–Crippen LogP) is 4.80. The second-order valence-electron chi connectivity index (χ2n) is 8.49. The van der Waals surface area contributed by atoms with Crippen LogP contribution >= 0.6 is 0 Å². The van der Waals surface area contributed by atoms with Gasteiger partial charge in [0.15, 0.2) is 0 Å². The van der Waals surface area contributed by atoms with Crippen molar-refractivity contribution in [1.29, 1.82) is 0 Å². The van der Waals surface area contributed by atoms with Crippen molar-refractivity contribution in [3.8, 4) is 5.75 Å². The second-order valence-corrected chi connectivity index (χ2v) is 8.49. The topological polar surface area (TPSA) is 93.1 Å². The molecule has 3 aromatic rings. The Hall–Kier alpha value is -4.39. The summed E-state index contributed by atoms with van der Waals surface area (Å²) in [4.78, 5) is 39.9. The number of hydrogen-bond acceptors (Lipinski definition) is 6. The second kappa shape index (κ2) is 10.5. The van der Waals surface area contributed by atoms with Crippen LogP contribution < -0.4 is 4.74 Å². The summed E-state index contributed by atoms with van der Waals surface area (Å²) in [6.45, 7) is 4.05. The van der Waals surface area contributed by atoms with Crippen LogP contribution in [0, 0.1) is 6.92 Å². The first-order valence-corrected chi connectivity index (χ1v) is 11.6. The lowest BCUT2D eigenvalue weighted by Gasteiger charge is -2.26. The molecule has 1 saturated heterocycles. The molecular formula is C29H27NO6. The van der Waals surface area contributed by atoms with Crippen molar-refractivity contribution in [2.75, 3.05) is 13.7 Å². The zero-order valence-electron chi connectivity index (χ0n) is 20.4. The van der Waals surface area contributed by atoms with E-state index in [1.54, 1.807) is 55.5 Å². The lowest BCUT2D eigenvalue weighted by atomic mass is 9.94. The molecule has 0 aliphatic carbocycles. The largest absolute Gasteiger partial charge is 0.507 e. The fourth-order valence-electron chi connectivity index (χ4n) is 4.29. The molecule has 1 N–H and O–H groups in total. The number of ether oxygens (including phenoxy) is 2. The van der Waals surface area contributed by atoms with Crippen molar-refractivity contribution >= 4 is 23.4 Å². The molecular weight excluding hydrogens is 458 g/mol. The highest BCUT2D eigenvalue weighted by Crippen LogP contribution is 2.40. The molecule has 7 nitrogen and oxygen atoms in total. The number of methoxy groups -OCH3 is 1. The van der Waals surface area contributed by atoms with Crippen LogP contribution in [0.2, 0.25) is 0 Å².